The van der Waals surface area contributed by atoms with Crippen molar-refractivity contribution in [3.8, 4) is 5.75 Å². The van der Waals surface area contributed by atoms with Gasteiger partial charge in [0.2, 0.25) is 5.91 Å². The molecule has 0 bridgehead atoms. The lowest BCUT2D eigenvalue weighted by molar-refractivity contribution is -0.134. The summed E-state index contributed by atoms with van der Waals surface area (Å²) in [5, 5.41) is 1.07. The largest absolute Gasteiger partial charge is 0.487 e. The third-order valence-corrected chi connectivity index (χ3v) is 4.59. The Morgan fingerprint density at radius 1 is 1.14 bits per heavy atom. The fraction of sp³-hybridized carbons (Fsp3) is 0.444. The van der Waals surface area contributed by atoms with Crippen LogP contribution >= 0.6 is 0 Å². The summed E-state index contributed by atoms with van der Waals surface area (Å²) >= 11 is 0. The number of hydrogen-bond donors (Lipinski definition) is 0. The van der Waals surface area contributed by atoms with Gasteiger partial charge in [-0.05, 0) is 31.4 Å². The summed E-state index contributed by atoms with van der Waals surface area (Å²) in [6.45, 7) is 1.83. The lowest BCUT2D eigenvalue weighted by Crippen LogP contribution is -2.37. The average Bonchev–Trinajstić information content (AvgIpc) is 3.34. The van der Waals surface area contributed by atoms with Crippen molar-refractivity contribution < 1.29 is 9.53 Å². The van der Waals surface area contributed by atoms with E-state index in [4.69, 9.17) is 4.74 Å². The van der Waals surface area contributed by atoms with E-state index in [2.05, 4.69) is 4.98 Å². The minimum Gasteiger partial charge on any atom is -0.487 e. The highest BCUT2D eigenvalue weighted by atomic mass is 16.5. The third kappa shape index (κ3) is 2.54. The highest BCUT2D eigenvalue weighted by Gasteiger charge is 2.47. The quantitative estimate of drug-likeness (QED) is 0.874. The number of amides is 1. The van der Waals surface area contributed by atoms with E-state index in [0.29, 0.717) is 0 Å². The van der Waals surface area contributed by atoms with Crippen molar-refractivity contribution in [3.05, 3.63) is 36.5 Å². The maximum absolute atomic E-state index is 12.5. The highest BCUT2D eigenvalue weighted by Crippen LogP contribution is 2.38. The van der Waals surface area contributed by atoms with Gasteiger partial charge in [-0.2, -0.15) is 0 Å². The number of para-hydroxylation sites is 1. The van der Waals surface area contributed by atoms with E-state index in [-0.39, 0.29) is 17.9 Å². The first kappa shape index (κ1) is 13.6. The summed E-state index contributed by atoms with van der Waals surface area (Å²) in [5.41, 5.74) is 0.876. The number of aromatic nitrogens is 1. The van der Waals surface area contributed by atoms with Gasteiger partial charge in [0.25, 0.3) is 0 Å². The van der Waals surface area contributed by atoms with Crippen molar-refractivity contribution in [1.29, 1.82) is 0 Å². The van der Waals surface area contributed by atoms with Gasteiger partial charge in [-0.15, -0.1) is 0 Å². The average molecular weight is 296 g/mol. The summed E-state index contributed by atoms with van der Waals surface area (Å²) < 4.78 is 6.05. The molecule has 2 aromatic rings. The predicted molar refractivity (Wildman–Crippen MR) is 84.7 cm³/mol. The van der Waals surface area contributed by atoms with Gasteiger partial charge in [0.1, 0.15) is 17.4 Å². The zero-order chi connectivity index (χ0) is 14.9. The second-order valence-electron chi connectivity index (χ2n) is 6.22. The van der Waals surface area contributed by atoms with Gasteiger partial charge in [0, 0.05) is 31.1 Å². The fourth-order valence-corrected chi connectivity index (χ4v) is 3.25. The summed E-state index contributed by atoms with van der Waals surface area (Å²) in [6.07, 6.45) is 6.14. The van der Waals surface area contributed by atoms with Crippen molar-refractivity contribution in [2.75, 3.05) is 13.1 Å². The standard InChI is InChI=1S/C18H20N2O2/c21-18(20-10-2-1-3-11-20)14-12-16(14)22-15-8-4-6-13-7-5-9-19-17(13)15/h4-9,14,16H,1-3,10-12H2/t14-,16-/m0/s1. The Morgan fingerprint density at radius 3 is 2.82 bits per heavy atom. The monoisotopic (exact) mass is 296 g/mol. The number of benzene rings is 1. The molecule has 2 aliphatic rings. The van der Waals surface area contributed by atoms with E-state index in [0.717, 1.165) is 49.0 Å². The molecule has 1 saturated heterocycles. The molecule has 1 amide bonds. The third-order valence-electron chi connectivity index (χ3n) is 4.59. The molecule has 1 aliphatic carbocycles. The minimum atomic E-state index is 0.0158. The van der Waals surface area contributed by atoms with Gasteiger partial charge < -0.3 is 9.64 Å². The number of hydrogen-bond acceptors (Lipinski definition) is 3. The molecular weight excluding hydrogens is 276 g/mol. The number of pyridine rings is 1. The minimum absolute atomic E-state index is 0.0158. The van der Waals surface area contributed by atoms with Crippen LogP contribution in [0.25, 0.3) is 10.9 Å². The Hall–Kier alpha value is -2.10. The van der Waals surface area contributed by atoms with Crippen LogP contribution in [-0.4, -0.2) is 35.0 Å². The summed E-state index contributed by atoms with van der Waals surface area (Å²) in [7, 11) is 0. The molecule has 0 spiro atoms. The molecule has 2 atom stereocenters. The lowest BCUT2D eigenvalue weighted by Gasteiger charge is -2.26. The Morgan fingerprint density at radius 2 is 1.95 bits per heavy atom. The molecule has 2 fully saturated rings. The normalized spacial score (nSPS) is 24.3. The van der Waals surface area contributed by atoms with Crippen LogP contribution in [0.3, 0.4) is 0 Å². The molecule has 0 radical (unpaired) electrons. The van der Waals surface area contributed by atoms with Crippen LogP contribution < -0.4 is 4.74 Å². The van der Waals surface area contributed by atoms with E-state index in [1.165, 1.54) is 6.42 Å². The number of rotatable bonds is 3. The molecule has 1 aromatic carbocycles. The van der Waals surface area contributed by atoms with Crippen LogP contribution in [0, 0.1) is 5.92 Å². The first-order chi connectivity index (χ1) is 10.8. The van der Waals surface area contributed by atoms with Gasteiger partial charge in [0.05, 0.1) is 5.92 Å². The van der Waals surface area contributed by atoms with Crippen LogP contribution in [0.15, 0.2) is 36.5 Å². The predicted octanol–water partition coefficient (Wildman–Crippen LogP) is 3.01. The van der Waals surface area contributed by atoms with E-state index in [1.54, 1.807) is 6.20 Å². The number of piperidine rings is 1. The first-order valence-electron chi connectivity index (χ1n) is 8.12. The molecule has 4 nitrogen and oxygen atoms in total. The van der Waals surface area contributed by atoms with Crippen LogP contribution in [0.2, 0.25) is 0 Å². The van der Waals surface area contributed by atoms with E-state index in [9.17, 15) is 4.79 Å². The smallest absolute Gasteiger partial charge is 0.229 e. The molecule has 114 valence electrons. The molecule has 0 N–H and O–H groups in total. The van der Waals surface area contributed by atoms with Crippen molar-refractivity contribution in [2.45, 2.75) is 31.8 Å². The number of carbonyl (C=O) groups excluding carboxylic acids is 1. The van der Waals surface area contributed by atoms with Gasteiger partial charge in [-0.25, -0.2) is 0 Å². The zero-order valence-corrected chi connectivity index (χ0v) is 12.6. The Labute approximate surface area is 130 Å². The molecule has 2 heterocycles. The maximum atomic E-state index is 12.5. The second-order valence-corrected chi connectivity index (χ2v) is 6.22. The lowest BCUT2D eigenvalue weighted by atomic mass is 10.1. The van der Waals surface area contributed by atoms with Crippen LogP contribution in [0.4, 0.5) is 0 Å². The van der Waals surface area contributed by atoms with Gasteiger partial charge in [0.15, 0.2) is 0 Å². The molecular formula is C18H20N2O2. The van der Waals surface area contributed by atoms with Crippen LogP contribution in [0.1, 0.15) is 25.7 Å². The molecule has 1 aromatic heterocycles. The Bertz CT molecular complexity index is 689. The maximum Gasteiger partial charge on any atom is 0.229 e. The molecule has 4 heteroatoms. The number of carbonyl (C=O) groups is 1. The Balaban J connectivity index is 1.45. The summed E-state index contributed by atoms with van der Waals surface area (Å²) in [5.74, 6) is 1.10. The molecule has 1 saturated carbocycles. The van der Waals surface area contributed by atoms with Crippen molar-refractivity contribution >= 4 is 16.8 Å². The van der Waals surface area contributed by atoms with Crippen LogP contribution in [0.5, 0.6) is 5.75 Å². The second kappa shape index (κ2) is 5.59. The number of likely N-dealkylation sites (tertiary alicyclic amines) is 1. The summed E-state index contributed by atoms with van der Waals surface area (Å²) in [4.78, 5) is 18.9. The zero-order valence-electron chi connectivity index (χ0n) is 12.6. The number of fused-ring (bicyclic) bond motifs is 1. The molecule has 0 unspecified atom stereocenters. The highest BCUT2D eigenvalue weighted by molar-refractivity contribution is 5.85. The van der Waals surface area contributed by atoms with E-state index < -0.39 is 0 Å². The van der Waals surface area contributed by atoms with Gasteiger partial charge >= 0.3 is 0 Å². The number of nitrogens with zero attached hydrogens (tertiary/aromatic N) is 2. The van der Waals surface area contributed by atoms with Crippen molar-refractivity contribution in [3.63, 3.8) is 0 Å². The topological polar surface area (TPSA) is 42.4 Å². The molecule has 4 rings (SSSR count). The SMILES string of the molecule is O=C([C@H]1C[C@@H]1Oc1cccc2cccnc12)N1CCCCC1. The van der Waals surface area contributed by atoms with Crippen molar-refractivity contribution in [2.24, 2.45) is 5.92 Å². The summed E-state index contributed by atoms with van der Waals surface area (Å²) in [6, 6.07) is 9.89. The van der Waals surface area contributed by atoms with E-state index in [1.807, 2.05) is 35.2 Å². The first-order valence-corrected chi connectivity index (χ1v) is 8.12. The molecule has 1 aliphatic heterocycles. The van der Waals surface area contributed by atoms with Crippen molar-refractivity contribution in [1.82, 2.24) is 9.88 Å². The number of ether oxygens (including phenoxy) is 1. The van der Waals surface area contributed by atoms with E-state index >= 15 is 0 Å². The Kier molecular flexibility index (Phi) is 3.45. The van der Waals surface area contributed by atoms with Gasteiger partial charge in [-0.3, -0.25) is 9.78 Å². The van der Waals surface area contributed by atoms with Gasteiger partial charge in [-0.1, -0.05) is 18.2 Å². The van der Waals surface area contributed by atoms with Crippen LogP contribution in [-0.2, 0) is 4.79 Å². The molecule has 22 heavy (non-hydrogen) atoms. The fourth-order valence-electron chi connectivity index (χ4n) is 3.25.